The van der Waals surface area contributed by atoms with Crippen molar-refractivity contribution in [3.05, 3.63) is 28.8 Å². The van der Waals surface area contributed by atoms with E-state index in [-0.39, 0.29) is 0 Å². The summed E-state index contributed by atoms with van der Waals surface area (Å²) in [4.78, 5) is 24.2. The molecule has 5 nitrogen and oxygen atoms in total. The zero-order valence-electron chi connectivity index (χ0n) is 11.3. The predicted molar refractivity (Wildman–Crippen MR) is 74.7 cm³/mol. The molecular weight excluding hydrogens is 268 g/mol. The minimum Gasteiger partial charge on any atom is -0.480 e. The molecule has 1 aromatic rings. The van der Waals surface area contributed by atoms with Gasteiger partial charge in [0.05, 0.1) is 10.7 Å². The second-order valence-corrected chi connectivity index (χ2v) is 5.17. The van der Waals surface area contributed by atoms with Gasteiger partial charge in [-0.05, 0) is 32.4 Å². The van der Waals surface area contributed by atoms with E-state index in [4.69, 9.17) is 16.7 Å². The minimum absolute atomic E-state index is 0.442. The molecule has 0 aromatic heterocycles. The molecule has 0 saturated heterocycles. The maximum atomic E-state index is 12.0. The van der Waals surface area contributed by atoms with Crippen molar-refractivity contribution in [3.63, 3.8) is 0 Å². The van der Waals surface area contributed by atoms with Crippen LogP contribution in [0.25, 0.3) is 0 Å². The fourth-order valence-electron chi connectivity index (χ4n) is 1.34. The van der Waals surface area contributed by atoms with Crippen LogP contribution in [-0.2, 0) is 4.79 Å². The molecule has 0 aliphatic carbocycles. The summed E-state index contributed by atoms with van der Waals surface area (Å²) in [6.45, 7) is 4.72. The summed E-state index contributed by atoms with van der Waals surface area (Å²) in [6, 6.07) is 4.72. The van der Waals surface area contributed by atoms with Gasteiger partial charge in [-0.25, -0.2) is 9.59 Å². The molecular formula is C13H17ClN2O3. The summed E-state index contributed by atoms with van der Waals surface area (Å²) in [6.07, 6.45) is 0. The summed E-state index contributed by atoms with van der Waals surface area (Å²) in [5.74, 6) is -1.08. The standard InChI is InChI=1S/C13H17ClN2O3/c1-8-6-5-7-9(10(8)14)15-12(19)16(4)13(2,3)11(17)18/h5-7H,1-4H3,(H,15,19)(H,17,18). The third-order valence-electron chi connectivity index (χ3n) is 3.10. The highest BCUT2D eigenvalue weighted by molar-refractivity contribution is 6.34. The Hall–Kier alpha value is -1.75. The Morgan fingerprint density at radius 1 is 1.37 bits per heavy atom. The Morgan fingerprint density at radius 2 is 1.95 bits per heavy atom. The summed E-state index contributed by atoms with van der Waals surface area (Å²) < 4.78 is 0. The van der Waals surface area contributed by atoms with Crippen LogP contribution in [0, 0.1) is 6.92 Å². The number of nitrogens with one attached hydrogen (secondary N) is 1. The van der Waals surface area contributed by atoms with Gasteiger partial charge < -0.3 is 15.3 Å². The Balaban J connectivity index is 2.92. The van der Waals surface area contributed by atoms with Crippen LogP contribution >= 0.6 is 11.6 Å². The van der Waals surface area contributed by atoms with Crippen LogP contribution in [0.5, 0.6) is 0 Å². The van der Waals surface area contributed by atoms with Gasteiger partial charge in [0.15, 0.2) is 0 Å². The number of carbonyl (C=O) groups excluding carboxylic acids is 1. The minimum atomic E-state index is -1.31. The molecule has 0 radical (unpaired) electrons. The Kier molecular flexibility index (Phi) is 4.42. The molecule has 0 spiro atoms. The number of rotatable bonds is 3. The lowest BCUT2D eigenvalue weighted by Crippen LogP contribution is -2.52. The molecule has 0 aliphatic heterocycles. The van der Waals surface area contributed by atoms with Gasteiger partial charge in [-0.2, -0.15) is 0 Å². The lowest BCUT2D eigenvalue weighted by molar-refractivity contribution is -0.146. The van der Waals surface area contributed by atoms with E-state index in [0.717, 1.165) is 10.5 Å². The number of aryl methyl sites for hydroxylation is 1. The number of hydrogen-bond donors (Lipinski definition) is 2. The van der Waals surface area contributed by atoms with Crippen LogP contribution in [0.3, 0.4) is 0 Å². The number of carbonyl (C=O) groups is 2. The Morgan fingerprint density at radius 3 is 2.47 bits per heavy atom. The van der Waals surface area contributed by atoms with Crippen molar-refractivity contribution < 1.29 is 14.7 Å². The highest BCUT2D eigenvalue weighted by atomic mass is 35.5. The van der Waals surface area contributed by atoms with Crippen LogP contribution in [0.2, 0.25) is 5.02 Å². The maximum absolute atomic E-state index is 12.0. The van der Waals surface area contributed by atoms with Crippen molar-refractivity contribution in [2.75, 3.05) is 12.4 Å². The number of hydrogen-bond acceptors (Lipinski definition) is 2. The first-order chi connectivity index (χ1) is 8.67. The predicted octanol–water partition coefficient (Wildman–Crippen LogP) is 2.98. The molecule has 19 heavy (non-hydrogen) atoms. The number of aliphatic carboxylic acids is 1. The van der Waals surface area contributed by atoms with Crippen molar-refractivity contribution in [2.45, 2.75) is 26.3 Å². The van der Waals surface area contributed by atoms with E-state index in [1.807, 2.05) is 13.0 Å². The lowest BCUT2D eigenvalue weighted by atomic mass is 10.1. The number of amides is 2. The average Bonchev–Trinajstić information content (AvgIpc) is 2.33. The molecule has 0 unspecified atom stereocenters. The van der Waals surface area contributed by atoms with E-state index in [0.29, 0.717) is 10.7 Å². The molecule has 0 bridgehead atoms. The van der Waals surface area contributed by atoms with Gasteiger partial charge in [-0.3, -0.25) is 0 Å². The number of benzene rings is 1. The first-order valence-corrected chi connectivity index (χ1v) is 6.09. The first-order valence-electron chi connectivity index (χ1n) is 5.71. The summed E-state index contributed by atoms with van der Waals surface area (Å²) >= 11 is 6.07. The number of nitrogens with zero attached hydrogens (tertiary/aromatic N) is 1. The molecule has 1 rings (SSSR count). The number of anilines is 1. The second kappa shape index (κ2) is 5.48. The number of carboxylic acids is 1. The normalized spacial score (nSPS) is 11.0. The molecule has 0 heterocycles. The smallest absolute Gasteiger partial charge is 0.329 e. The fourth-order valence-corrected chi connectivity index (χ4v) is 1.51. The molecule has 2 amide bonds. The maximum Gasteiger partial charge on any atom is 0.329 e. The van der Waals surface area contributed by atoms with E-state index >= 15 is 0 Å². The van der Waals surface area contributed by atoms with Crippen LogP contribution in [0.4, 0.5) is 10.5 Å². The van der Waals surface area contributed by atoms with Gasteiger partial charge in [0.2, 0.25) is 0 Å². The third kappa shape index (κ3) is 3.17. The van der Waals surface area contributed by atoms with Crippen molar-refractivity contribution in [3.8, 4) is 0 Å². The van der Waals surface area contributed by atoms with Crippen LogP contribution in [0.15, 0.2) is 18.2 Å². The van der Waals surface area contributed by atoms with Gasteiger partial charge in [0, 0.05) is 7.05 Å². The number of carboxylic acid groups (broad SMARTS) is 1. The van der Waals surface area contributed by atoms with E-state index in [2.05, 4.69) is 5.32 Å². The van der Waals surface area contributed by atoms with Crippen LogP contribution in [0.1, 0.15) is 19.4 Å². The summed E-state index contributed by atoms with van der Waals surface area (Å²) in [5.41, 5.74) is -0.0141. The highest BCUT2D eigenvalue weighted by Crippen LogP contribution is 2.26. The van der Waals surface area contributed by atoms with Gasteiger partial charge in [-0.15, -0.1) is 0 Å². The average molecular weight is 285 g/mol. The fraction of sp³-hybridized carbons (Fsp3) is 0.385. The van der Waals surface area contributed by atoms with E-state index in [1.54, 1.807) is 12.1 Å². The molecule has 2 N–H and O–H groups in total. The highest BCUT2D eigenvalue weighted by Gasteiger charge is 2.35. The van der Waals surface area contributed by atoms with Gasteiger partial charge in [0.1, 0.15) is 5.54 Å². The van der Waals surface area contributed by atoms with Gasteiger partial charge in [0.25, 0.3) is 0 Å². The lowest BCUT2D eigenvalue weighted by Gasteiger charge is -2.31. The second-order valence-electron chi connectivity index (χ2n) is 4.79. The van der Waals surface area contributed by atoms with Gasteiger partial charge in [-0.1, -0.05) is 23.7 Å². The number of halogens is 1. The van der Waals surface area contributed by atoms with Gasteiger partial charge >= 0.3 is 12.0 Å². The van der Waals surface area contributed by atoms with Crippen molar-refractivity contribution in [2.24, 2.45) is 0 Å². The van der Waals surface area contributed by atoms with Crippen molar-refractivity contribution in [1.29, 1.82) is 0 Å². The van der Waals surface area contributed by atoms with Crippen molar-refractivity contribution >= 4 is 29.3 Å². The molecule has 0 saturated carbocycles. The molecule has 6 heteroatoms. The van der Waals surface area contributed by atoms with E-state index < -0.39 is 17.5 Å². The van der Waals surface area contributed by atoms with E-state index in [1.165, 1.54) is 20.9 Å². The monoisotopic (exact) mass is 284 g/mol. The molecule has 0 aliphatic rings. The topological polar surface area (TPSA) is 69.6 Å². The zero-order valence-corrected chi connectivity index (χ0v) is 12.1. The molecule has 104 valence electrons. The van der Waals surface area contributed by atoms with E-state index in [9.17, 15) is 9.59 Å². The Bertz CT molecular complexity index is 515. The van der Waals surface area contributed by atoms with Crippen LogP contribution < -0.4 is 5.32 Å². The first kappa shape index (κ1) is 15.3. The molecule has 0 atom stereocenters. The quantitative estimate of drug-likeness (QED) is 0.896. The Labute approximate surface area is 117 Å². The number of urea groups is 1. The van der Waals surface area contributed by atoms with Crippen LogP contribution in [-0.4, -0.2) is 34.6 Å². The van der Waals surface area contributed by atoms with Crippen molar-refractivity contribution in [1.82, 2.24) is 4.90 Å². The summed E-state index contributed by atoms with van der Waals surface area (Å²) in [5, 5.41) is 12.1. The molecule has 0 fully saturated rings. The number of likely N-dealkylation sites (N-methyl/N-ethyl adjacent to an activating group) is 1. The SMILES string of the molecule is Cc1cccc(NC(=O)N(C)C(C)(C)C(=O)O)c1Cl. The third-order valence-corrected chi connectivity index (χ3v) is 3.60. The largest absolute Gasteiger partial charge is 0.480 e. The summed E-state index contributed by atoms with van der Waals surface area (Å²) in [7, 11) is 1.42. The zero-order chi connectivity index (χ0) is 14.8. The molecule has 1 aromatic carbocycles.